The highest BCUT2D eigenvalue weighted by atomic mass is 15.2. The molecule has 0 unspecified atom stereocenters. The lowest BCUT2D eigenvalue weighted by Gasteiger charge is -2.19. The Balaban J connectivity index is 1.67. The van der Waals surface area contributed by atoms with E-state index in [2.05, 4.69) is 23.0 Å². The molecule has 0 aromatic carbocycles. The second kappa shape index (κ2) is 17.0. The fourth-order valence-electron chi connectivity index (χ4n) is 3.43. The molecule has 0 N–H and O–H groups in total. The largest absolute Gasteiger partial charge is 0.358 e. The van der Waals surface area contributed by atoms with Crippen molar-refractivity contribution in [3.8, 4) is 0 Å². The minimum Gasteiger partial charge on any atom is -0.358 e. The van der Waals surface area contributed by atoms with Crippen molar-refractivity contribution in [2.75, 3.05) is 13.2 Å². The number of unbranched alkanes of at least 4 members (excludes halogenated alkanes) is 15. The van der Waals surface area contributed by atoms with Gasteiger partial charge in [0, 0.05) is 19.0 Å². The topological polar surface area (TPSA) is 15.6 Å². The summed E-state index contributed by atoms with van der Waals surface area (Å²) in [5.74, 6) is 0. The van der Waals surface area contributed by atoms with Crippen LogP contribution in [0.1, 0.15) is 110 Å². The fraction of sp³-hybridized carbons (Fsp3) is 0.864. The number of hydrogen-bond donors (Lipinski definition) is 0. The third-order valence-corrected chi connectivity index (χ3v) is 5.05. The number of nitrogens with zero attached hydrogens (tertiary/aromatic N) is 2. The summed E-state index contributed by atoms with van der Waals surface area (Å²) in [4.78, 5) is 6.57. The van der Waals surface area contributed by atoms with Crippen LogP contribution < -0.4 is 0 Å². The SMILES string of the molecule is CCCCCCCCCCCCCCCCCCN1C=CC=NC1. The third-order valence-electron chi connectivity index (χ3n) is 5.05. The van der Waals surface area contributed by atoms with Crippen molar-refractivity contribution < 1.29 is 0 Å². The van der Waals surface area contributed by atoms with E-state index in [-0.39, 0.29) is 0 Å². The zero-order valence-corrected chi connectivity index (χ0v) is 16.4. The molecule has 140 valence electrons. The Morgan fingerprint density at radius 1 is 0.667 bits per heavy atom. The van der Waals surface area contributed by atoms with Gasteiger partial charge in [-0.1, -0.05) is 103 Å². The van der Waals surface area contributed by atoms with E-state index < -0.39 is 0 Å². The van der Waals surface area contributed by atoms with E-state index >= 15 is 0 Å². The Hall–Kier alpha value is -0.790. The average Bonchev–Trinajstić information content (AvgIpc) is 2.62. The Labute approximate surface area is 151 Å². The molecule has 0 saturated heterocycles. The second-order valence-electron chi connectivity index (χ2n) is 7.43. The van der Waals surface area contributed by atoms with Crippen LogP contribution in [-0.2, 0) is 0 Å². The predicted octanol–water partition coefficient (Wildman–Crippen LogP) is 7.11. The van der Waals surface area contributed by atoms with Crippen molar-refractivity contribution in [2.24, 2.45) is 4.99 Å². The molecule has 1 aliphatic heterocycles. The smallest absolute Gasteiger partial charge is 0.109 e. The third kappa shape index (κ3) is 13.6. The number of rotatable bonds is 17. The summed E-state index contributed by atoms with van der Waals surface area (Å²) in [7, 11) is 0. The molecule has 1 heterocycles. The van der Waals surface area contributed by atoms with E-state index in [1.54, 1.807) is 0 Å². The molecule has 0 aromatic heterocycles. The minimum absolute atomic E-state index is 0.856. The van der Waals surface area contributed by atoms with Crippen LogP contribution in [0.5, 0.6) is 0 Å². The predicted molar refractivity (Wildman–Crippen MR) is 109 cm³/mol. The summed E-state index contributed by atoms with van der Waals surface area (Å²) >= 11 is 0. The Kier molecular flexibility index (Phi) is 15.1. The van der Waals surface area contributed by atoms with Gasteiger partial charge < -0.3 is 4.90 Å². The van der Waals surface area contributed by atoms with Gasteiger partial charge in [-0.2, -0.15) is 0 Å². The van der Waals surface area contributed by atoms with Gasteiger partial charge in [0.05, 0.1) is 0 Å². The summed E-state index contributed by atoms with van der Waals surface area (Å²) < 4.78 is 0. The van der Waals surface area contributed by atoms with Gasteiger partial charge in [0.15, 0.2) is 0 Å². The standard InChI is InChI=1S/C22H42N2/c1-2-3-4-5-6-7-8-9-10-11-12-13-14-15-16-17-20-24-21-18-19-23-22-24/h18-19,21H,2-17,20,22H2,1H3. The normalized spacial score (nSPS) is 13.8. The molecule has 1 aliphatic rings. The molecule has 0 aliphatic carbocycles. The Bertz CT molecular complexity index is 309. The molecule has 24 heavy (non-hydrogen) atoms. The molecule has 1 rings (SSSR count). The quantitative estimate of drug-likeness (QED) is 0.259. The van der Waals surface area contributed by atoms with E-state index in [0.29, 0.717) is 0 Å². The molecule has 2 heteroatoms. The van der Waals surface area contributed by atoms with Gasteiger partial charge in [0.1, 0.15) is 6.67 Å². The lowest BCUT2D eigenvalue weighted by molar-refractivity contribution is 0.370. The Morgan fingerprint density at radius 2 is 1.12 bits per heavy atom. The van der Waals surface area contributed by atoms with Crippen molar-refractivity contribution >= 4 is 6.21 Å². The van der Waals surface area contributed by atoms with Gasteiger partial charge in [0.2, 0.25) is 0 Å². The van der Waals surface area contributed by atoms with Crippen LogP contribution in [0.15, 0.2) is 17.3 Å². The van der Waals surface area contributed by atoms with Crippen LogP contribution in [0.3, 0.4) is 0 Å². The first-order chi connectivity index (χ1) is 11.9. The molecular formula is C22H42N2. The number of allylic oxidation sites excluding steroid dienone is 1. The van der Waals surface area contributed by atoms with Crippen LogP contribution in [0, 0.1) is 0 Å². The van der Waals surface area contributed by atoms with E-state index in [4.69, 9.17) is 0 Å². The maximum absolute atomic E-state index is 4.26. The summed E-state index contributed by atoms with van der Waals surface area (Å²) in [5, 5.41) is 0. The van der Waals surface area contributed by atoms with Crippen LogP contribution in [-0.4, -0.2) is 24.3 Å². The Morgan fingerprint density at radius 3 is 1.54 bits per heavy atom. The minimum atomic E-state index is 0.856. The molecular weight excluding hydrogens is 292 g/mol. The molecule has 0 saturated carbocycles. The van der Waals surface area contributed by atoms with Gasteiger partial charge in [0.25, 0.3) is 0 Å². The molecule has 0 atom stereocenters. The van der Waals surface area contributed by atoms with E-state index in [0.717, 1.165) is 6.67 Å². The maximum Gasteiger partial charge on any atom is 0.109 e. The van der Waals surface area contributed by atoms with E-state index in [9.17, 15) is 0 Å². The fourth-order valence-corrected chi connectivity index (χ4v) is 3.43. The van der Waals surface area contributed by atoms with Gasteiger partial charge >= 0.3 is 0 Å². The first-order valence-electron chi connectivity index (χ1n) is 10.8. The molecule has 0 aromatic rings. The van der Waals surface area contributed by atoms with Crippen LogP contribution in [0.2, 0.25) is 0 Å². The highest BCUT2D eigenvalue weighted by Gasteiger charge is 1.99. The lowest BCUT2D eigenvalue weighted by atomic mass is 10.0. The van der Waals surface area contributed by atoms with Crippen LogP contribution in [0.4, 0.5) is 0 Å². The molecule has 0 fully saturated rings. The molecule has 0 radical (unpaired) electrons. The highest BCUT2D eigenvalue weighted by Crippen LogP contribution is 2.13. The van der Waals surface area contributed by atoms with Crippen LogP contribution in [0.25, 0.3) is 0 Å². The summed E-state index contributed by atoms with van der Waals surface area (Å²) in [6, 6.07) is 0. The lowest BCUT2D eigenvalue weighted by Crippen LogP contribution is -2.20. The first-order valence-corrected chi connectivity index (χ1v) is 10.8. The zero-order chi connectivity index (χ0) is 17.1. The molecule has 2 nitrogen and oxygen atoms in total. The van der Waals surface area contributed by atoms with Gasteiger partial charge in [-0.25, -0.2) is 0 Å². The van der Waals surface area contributed by atoms with Crippen molar-refractivity contribution in [1.29, 1.82) is 0 Å². The number of aliphatic imine (C=N–C) groups is 1. The van der Waals surface area contributed by atoms with E-state index in [1.165, 1.54) is 109 Å². The molecule has 0 bridgehead atoms. The molecule has 0 spiro atoms. The van der Waals surface area contributed by atoms with Crippen LogP contribution >= 0.6 is 0 Å². The number of hydrogen-bond acceptors (Lipinski definition) is 2. The van der Waals surface area contributed by atoms with Gasteiger partial charge in [-0.15, -0.1) is 0 Å². The monoisotopic (exact) mass is 334 g/mol. The molecule has 0 amide bonds. The van der Waals surface area contributed by atoms with Crippen molar-refractivity contribution in [1.82, 2.24) is 4.90 Å². The van der Waals surface area contributed by atoms with Crippen molar-refractivity contribution in [3.05, 3.63) is 12.3 Å². The summed E-state index contributed by atoms with van der Waals surface area (Å²) in [5.41, 5.74) is 0. The average molecular weight is 335 g/mol. The van der Waals surface area contributed by atoms with E-state index in [1.807, 2.05) is 12.3 Å². The second-order valence-corrected chi connectivity index (χ2v) is 7.43. The summed E-state index contributed by atoms with van der Waals surface area (Å²) in [6.45, 7) is 4.32. The summed E-state index contributed by atoms with van der Waals surface area (Å²) in [6.07, 6.45) is 29.1. The van der Waals surface area contributed by atoms with Crippen molar-refractivity contribution in [3.63, 3.8) is 0 Å². The van der Waals surface area contributed by atoms with Crippen molar-refractivity contribution in [2.45, 2.75) is 110 Å². The zero-order valence-electron chi connectivity index (χ0n) is 16.4. The van der Waals surface area contributed by atoms with Gasteiger partial charge in [-0.05, 0) is 12.5 Å². The first kappa shape index (κ1) is 21.3. The van der Waals surface area contributed by atoms with Gasteiger partial charge in [-0.3, -0.25) is 4.99 Å². The maximum atomic E-state index is 4.26. The highest BCUT2D eigenvalue weighted by molar-refractivity contribution is 5.71.